The molecule has 1 saturated heterocycles. The normalized spacial score (nSPS) is 16.3. The van der Waals surface area contributed by atoms with Crippen LogP contribution in [0.25, 0.3) is 0 Å². The van der Waals surface area contributed by atoms with Crippen LogP contribution in [0, 0.1) is 20.8 Å². The van der Waals surface area contributed by atoms with E-state index in [2.05, 4.69) is 49.4 Å². The number of aromatic nitrogens is 2. The van der Waals surface area contributed by atoms with Gasteiger partial charge in [0, 0.05) is 37.4 Å². The molecule has 27 heavy (non-hydrogen) atoms. The van der Waals surface area contributed by atoms with Crippen molar-refractivity contribution in [2.45, 2.75) is 58.9 Å². The van der Waals surface area contributed by atoms with Gasteiger partial charge in [-0.25, -0.2) is 0 Å². The zero-order chi connectivity index (χ0) is 19.4. The largest absolute Gasteiger partial charge is 0.381 e. The van der Waals surface area contributed by atoms with E-state index in [4.69, 9.17) is 4.74 Å². The maximum atomic E-state index is 12.8. The third-order valence-electron chi connectivity index (χ3n) is 5.65. The van der Waals surface area contributed by atoms with Crippen LogP contribution in [0.4, 0.5) is 0 Å². The summed E-state index contributed by atoms with van der Waals surface area (Å²) in [7, 11) is 0. The Labute approximate surface area is 162 Å². The summed E-state index contributed by atoms with van der Waals surface area (Å²) in [5, 5.41) is 7.55. The fourth-order valence-corrected chi connectivity index (χ4v) is 4.06. The van der Waals surface area contributed by atoms with E-state index >= 15 is 0 Å². The van der Waals surface area contributed by atoms with Gasteiger partial charge in [0.15, 0.2) is 0 Å². The molecule has 5 nitrogen and oxygen atoms in total. The second kappa shape index (κ2) is 8.26. The Hall–Kier alpha value is -2.14. The van der Waals surface area contributed by atoms with Gasteiger partial charge in [-0.3, -0.25) is 9.48 Å². The number of nitrogens with one attached hydrogen (secondary N) is 1. The van der Waals surface area contributed by atoms with Crippen LogP contribution in [0.1, 0.15) is 58.9 Å². The number of rotatable bonds is 6. The van der Waals surface area contributed by atoms with Crippen molar-refractivity contribution in [3.8, 4) is 0 Å². The number of carbonyl (C=O) groups is 1. The monoisotopic (exact) mass is 369 g/mol. The standard InChI is InChI=1S/C22H31N3O2/c1-5-8-25-18(4)20(14-24-25)21(26)23-15-22(6-9-27-10-7-22)19-12-16(2)11-17(3)13-19/h11-14H,5-10,15H2,1-4H3,(H,23,26). The minimum atomic E-state index is -0.0714. The van der Waals surface area contributed by atoms with E-state index < -0.39 is 0 Å². The lowest BCUT2D eigenvalue weighted by Crippen LogP contribution is -2.44. The van der Waals surface area contributed by atoms with Crippen molar-refractivity contribution >= 4 is 5.91 Å². The third-order valence-corrected chi connectivity index (χ3v) is 5.65. The fourth-order valence-electron chi connectivity index (χ4n) is 4.06. The van der Waals surface area contributed by atoms with Crippen molar-refractivity contribution in [2.75, 3.05) is 19.8 Å². The van der Waals surface area contributed by atoms with Crippen molar-refractivity contribution in [3.63, 3.8) is 0 Å². The predicted molar refractivity (Wildman–Crippen MR) is 107 cm³/mol. The smallest absolute Gasteiger partial charge is 0.254 e. The van der Waals surface area contributed by atoms with E-state index in [1.165, 1.54) is 16.7 Å². The Bertz CT molecular complexity index is 784. The molecule has 2 heterocycles. The van der Waals surface area contributed by atoms with E-state index in [-0.39, 0.29) is 11.3 Å². The number of benzene rings is 1. The molecule has 0 bridgehead atoms. The number of hydrogen-bond donors (Lipinski definition) is 1. The van der Waals surface area contributed by atoms with Crippen molar-refractivity contribution in [2.24, 2.45) is 0 Å². The van der Waals surface area contributed by atoms with Crippen molar-refractivity contribution in [1.29, 1.82) is 0 Å². The number of aryl methyl sites for hydroxylation is 3. The average Bonchev–Trinajstić information content (AvgIpc) is 3.01. The van der Waals surface area contributed by atoms with E-state index in [0.29, 0.717) is 12.1 Å². The molecule has 0 saturated carbocycles. The molecule has 3 rings (SSSR count). The van der Waals surface area contributed by atoms with Crippen molar-refractivity contribution < 1.29 is 9.53 Å². The summed E-state index contributed by atoms with van der Waals surface area (Å²) in [6.45, 7) is 11.3. The zero-order valence-corrected chi connectivity index (χ0v) is 17.0. The molecule has 146 valence electrons. The van der Waals surface area contributed by atoms with Gasteiger partial charge in [0.25, 0.3) is 5.91 Å². The van der Waals surface area contributed by atoms with Gasteiger partial charge in [0.05, 0.1) is 11.8 Å². The first kappa shape index (κ1) is 19.6. The SMILES string of the molecule is CCCn1ncc(C(=O)NCC2(c3cc(C)cc(C)c3)CCOCC2)c1C. The molecule has 1 aliphatic heterocycles. The van der Waals surface area contributed by atoms with E-state index in [9.17, 15) is 4.79 Å². The second-order valence-corrected chi connectivity index (χ2v) is 7.82. The lowest BCUT2D eigenvalue weighted by molar-refractivity contribution is 0.0487. The molecule has 1 aromatic heterocycles. The maximum absolute atomic E-state index is 12.8. The lowest BCUT2D eigenvalue weighted by atomic mass is 9.73. The van der Waals surface area contributed by atoms with Gasteiger partial charge in [-0.15, -0.1) is 0 Å². The van der Waals surface area contributed by atoms with Crippen LogP contribution in [0.3, 0.4) is 0 Å². The third kappa shape index (κ3) is 4.24. The van der Waals surface area contributed by atoms with Crippen LogP contribution in [0.2, 0.25) is 0 Å². The van der Waals surface area contributed by atoms with Crippen LogP contribution in [0.15, 0.2) is 24.4 Å². The molecule has 1 amide bonds. The van der Waals surface area contributed by atoms with E-state index in [0.717, 1.165) is 44.7 Å². The molecule has 1 fully saturated rings. The quantitative estimate of drug-likeness (QED) is 0.845. The summed E-state index contributed by atoms with van der Waals surface area (Å²) in [5.74, 6) is -0.0369. The van der Waals surface area contributed by atoms with Gasteiger partial charge in [0.2, 0.25) is 0 Å². The van der Waals surface area contributed by atoms with Crippen LogP contribution >= 0.6 is 0 Å². The van der Waals surface area contributed by atoms with Gasteiger partial charge in [-0.05, 0) is 45.6 Å². The Kier molecular flexibility index (Phi) is 6.00. The first-order valence-corrected chi connectivity index (χ1v) is 9.92. The van der Waals surface area contributed by atoms with E-state index in [1.807, 2.05) is 11.6 Å². The predicted octanol–water partition coefficient (Wildman–Crippen LogP) is 3.70. The van der Waals surface area contributed by atoms with Gasteiger partial charge in [-0.1, -0.05) is 36.2 Å². The van der Waals surface area contributed by atoms with Crippen LogP contribution in [-0.2, 0) is 16.7 Å². The Balaban J connectivity index is 1.80. The topological polar surface area (TPSA) is 56.2 Å². The number of amides is 1. The van der Waals surface area contributed by atoms with Crippen LogP contribution < -0.4 is 5.32 Å². The molecular weight excluding hydrogens is 338 g/mol. The van der Waals surface area contributed by atoms with Gasteiger partial charge in [0.1, 0.15) is 0 Å². The molecule has 1 N–H and O–H groups in total. The summed E-state index contributed by atoms with van der Waals surface area (Å²) in [4.78, 5) is 12.8. The van der Waals surface area contributed by atoms with Gasteiger partial charge < -0.3 is 10.1 Å². The molecule has 0 radical (unpaired) electrons. The molecule has 2 aromatic rings. The number of ether oxygens (including phenoxy) is 1. The molecule has 0 spiro atoms. The van der Waals surface area contributed by atoms with Gasteiger partial charge >= 0.3 is 0 Å². The maximum Gasteiger partial charge on any atom is 0.254 e. The average molecular weight is 370 g/mol. The number of hydrogen-bond acceptors (Lipinski definition) is 3. The first-order valence-electron chi connectivity index (χ1n) is 9.92. The van der Waals surface area contributed by atoms with Crippen LogP contribution in [-0.4, -0.2) is 35.4 Å². The van der Waals surface area contributed by atoms with E-state index in [1.54, 1.807) is 6.20 Å². The highest BCUT2D eigenvalue weighted by Gasteiger charge is 2.35. The summed E-state index contributed by atoms with van der Waals surface area (Å²) in [6, 6.07) is 6.71. The first-order chi connectivity index (χ1) is 12.9. The highest BCUT2D eigenvalue weighted by molar-refractivity contribution is 5.95. The summed E-state index contributed by atoms with van der Waals surface area (Å²) in [6.07, 6.45) is 4.53. The molecule has 0 unspecified atom stereocenters. The summed E-state index contributed by atoms with van der Waals surface area (Å²) in [5.41, 5.74) is 5.37. The Morgan fingerprint density at radius 2 is 1.85 bits per heavy atom. The molecule has 5 heteroatoms. The number of nitrogens with zero attached hydrogens (tertiary/aromatic N) is 2. The minimum Gasteiger partial charge on any atom is -0.381 e. The molecule has 1 aromatic carbocycles. The zero-order valence-electron chi connectivity index (χ0n) is 17.0. The number of carbonyl (C=O) groups excluding carboxylic acids is 1. The summed E-state index contributed by atoms with van der Waals surface area (Å²) < 4.78 is 7.53. The molecular formula is C22H31N3O2. The van der Waals surface area contributed by atoms with Crippen molar-refractivity contribution in [1.82, 2.24) is 15.1 Å². The Morgan fingerprint density at radius 3 is 2.48 bits per heavy atom. The molecule has 1 aliphatic rings. The van der Waals surface area contributed by atoms with Gasteiger partial charge in [-0.2, -0.15) is 5.10 Å². The Morgan fingerprint density at radius 1 is 1.19 bits per heavy atom. The molecule has 0 aliphatic carbocycles. The summed E-state index contributed by atoms with van der Waals surface area (Å²) >= 11 is 0. The molecule has 0 atom stereocenters. The fraction of sp³-hybridized carbons (Fsp3) is 0.545. The minimum absolute atomic E-state index is 0.0369. The lowest BCUT2D eigenvalue weighted by Gasteiger charge is -2.38. The highest BCUT2D eigenvalue weighted by atomic mass is 16.5. The second-order valence-electron chi connectivity index (χ2n) is 7.82. The van der Waals surface area contributed by atoms with Crippen molar-refractivity contribution in [3.05, 3.63) is 52.3 Å². The highest BCUT2D eigenvalue weighted by Crippen LogP contribution is 2.35. The van der Waals surface area contributed by atoms with Crippen LogP contribution in [0.5, 0.6) is 0 Å².